The lowest BCUT2D eigenvalue weighted by atomic mass is 9.85. The zero-order valence-corrected chi connectivity index (χ0v) is 23.8. The summed E-state index contributed by atoms with van der Waals surface area (Å²) in [5.41, 5.74) is 4.58. The van der Waals surface area contributed by atoms with Crippen LogP contribution in [0.3, 0.4) is 0 Å². The second kappa shape index (κ2) is 13.1. The average Bonchev–Trinajstić information content (AvgIpc) is 3.48. The molecule has 9 heteroatoms. The zero-order chi connectivity index (χ0) is 28.6. The maximum Gasteiger partial charge on any atom is 0.254 e. The molecule has 0 radical (unpaired) electrons. The molecule has 0 spiro atoms. The van der Waals surface area contributed by atoms with Gasteiger partial charge >= 0.3 is 0 Å². The number of thioether (sulfide) groups is 1. The molecule has 0 saturated heterocycles. The number of hydrogen-bond donors (Lipinski definition) is 3. The molecule has 0 aliphatic carbocycles. The Kier molecular flexibility index (Phi) is 9.35. The molecule has 8 nitrogen and oxygen atoms in total. The highest BCUT2D eigenvalue weighted by Gasteiger charge is 2.36. The Morgan fingerprint density at radius 1 is 1.07 bits per heavy atom. The first-order chi connectivity index (χ1) is 19.4. The Morgan fingerprint density at radius 3 is 2.58 bits per heavy atom. The third-order valence-electron chi connectivity index (χ3n) is 6.51. The molecule has 3 aromatic rings. The predicted octanol–water partition coefficient (Wildman–Crippen LogP) is 6.26. The number of nitrogens with one attached hydrogen (secondary N) is 3. The summed E-state index contributed by atoms with van der Waals surface area (Å²) in [6, 6.07) is 18.9. The Hall–Kier alpha value is -4.42. The number of rotatable bonds is 10. The van der Waals surface area contributed by atoms with Gasteiger partial charge in [0.1, 0.15) is 11.5 Å². The summed E-state index contributed by atoms with van der Waals surface area (Å²) in [6.07, 6.45) is 2.28. The van der Waals surface area contributed by atoms with Crippen molar-refractivity contribution in [3.05, 3.63) is 99.6 Å². The molecule has 1 aromatic heterocycles. The van der Waals surface area contributed by atoms with E-state index in [4.69, 9.17) is 9.15 Å². The van der Waals surface area contributed by atoms with Crippen molar-refractivity contribution < 1.29 is 18.7 Å². The van der Waals surface area contributed by atoms with Gasteiger partial charge in [0.2, 0.25) is 5.91 Å². The molecule has 1 aliphatic heterocycles. The average molecular weight is 557 g/mol. The number of allylic oxidation sites excluding steroid dienone is 2. The van der Waals surface area contributed by atoms with Crippen molar-refractivity contribution in [2.45, 2.75) is 40.0 Å². The largest absolute Gasteiger partial charge is 0.492 e. The van der Waals surface area contributed by atoms with Gasteiger partial charge in [0, 0.05) is 11.4 Å². The van der Waals surface area contributed by atoms with E-state index in [0.717, 1.165) is 23.2 Å². The SMILES string of the molecule is CCOc1ccccc1NC(=O)CSC1=C(C#N)C(c2ccco2)C(C(=O)Nc2c(C)cccc2CC)=C(C)N1. The van der Waals surface area contributed by atoms with Crippen LogP contribution in [0.2, 0.25) is 0 Å². The van der Waals surface area contributed by atoms with Gasteiger partial charge in [0.25, 0.3) is 5.91 Å². The lowest BCUT2D eigenvalue weighted by Gasteiger charge is -2.28. The van der Waals surface area contributed by atoms with E-state index < -0.39 is 5.92 Å². The van der Waals surface area contributed by atoms with Gasteiger partial charge in [-0.2, -0.15) is 5.26 Å². The van der Waals surface area contributed by atoms with Crippen LogP contribution >= 0.6 is 11.8 Å². The second-order valence-electron chi connectivity index (χ2n) is 9.15. The van der Waals surface area contributed by atoms with Gasteiger partial charge in [-0.15, -0.1) is 0 Å². The standard InChI is InChI=1S/C31H32N4O4S/c1-5-21-12-9-11-19(3)29(21)35-30(37)27-20(4)33-31(22(17-32)28(27)25-15-10-16-39-25)40-18-26(36)34-23-13-7-8-14-24(23)38-6-2/h7-16,28,33H,5-6,18H2,1-4H3,(H,34,36)(H,35,37). The van der Waals surface area contributed by atoms with Crippen molar-refractivity contribution in [3.8, 4) is 11.8 Å². The van der Waals surface area contributed by atoms with Crippen LogP contribution in [0, 0.1) is 18.3 Å². The Bertz CT molecular complexity index is 1500. The molecule has 0 fully saturated rings. The molecule has 206 valence electrons. The Balaban J connectivity index is 1.60. The fourth-order valence-corrected chi connectivity index (χ4v) is 5.52. The lowest BCUT2D eigenvalue weighted by Crippen LogP contribution is -2.31. The van der Waals surface area contributed by atoms with Crippen LogP contribution in [0.25, 0.3) is 0 Å². The number of aryl methyl sites for hydroxylation is 2. The normalized spacial score (nSPS) is 14.8. The maximum atomic E-state index is 13.8. The number of nitriles is 1. The minimum absolute atomic E-state index is 0.0384. The van der Waals surface area contributed by atoms with E-state index in [-0.39, 0.29) is 17.6 Å². The van der Waals surface area contributed by atoms with Gasteiger partial charge in [-0.3, -0.25) is 9.59 Å². The van der Waals surface area contributed by atoms with Crippen molar-refractivity contribution in [2.75, 3.05) is 23.0 Å². The molecule has 1 unspecified atom stereocenters. The molecule has 0 bridgehead atoms. The van der Waals surface area contributed by atoms with Gasteiger partial charge < -0.3 is 25.1 Å². The molecule has 3 N–H and O–H groups in total. The Morgan fingerprint density at radius 2 is 1.88 bits per heavy atom. The summed E-state index contributed by atoms with van der Waals surface area (Å²) in [5.74, 6) is -0.219. The number of ether oxygens (including phenoxy) is 1. The first kappa shape index (κ1) is 28.6. The number of furan rings is 1. The van der Waals surface area contributed by atoms with Gasteiger partial charge in [0.15, 0.2) is 0 Å². The summed E-state index contributed by atoms with van der Waals surface area (Å²) in [6.45, 7) is 8.13. The fourth-order valence-electron chi connectivity index (χ4n) is 4.63. The molecule has 0 saturated carbocycles. The molecule has 2 aromatic carbocycles. The molecule has 2 heterocycles. The van der Waals surface area contributed by atoms with Crippen molar-refractivity contribution in [1.82, 2.24) is 5.32 Å². The Labute approximate surface area is 238 Å². The van der Waals surface area contributed by atoms with Gasteiger partial charge in [0.05, 0.1) is 52.5 Å². The van der Waals surface area contributed by atoms with E-state index in [9.17, 15) is 14.9 Å². The van der Waals surface area contributed by atoms with Crippen LogP contribution in [-0.2, 0) is 16.0 Å². The summed E-state index contributed by atoms with van der Waals surface area (Å²) in [7, 11) is 0. The maximum absolute atomic E-state index is 13.8. The molecular weight excluding hydrogens is 524 g/mol. The van der Waals surface area contributed by atoms with Gasteiger partial charge in [-0.1, -0.05) is 49.0 Å². The third-order valence-corrected chi connectivity index (χ3v) is 7.52. The zero-order valence-electron chi connectivity index (χ0n) is 23.0. The fraction of sp³-hybridized carbons (Fsp3) is 0.258. The van der Waals surface area contributed by atoms with Crippen LogP contribution in [0.1, 0.15) is 43.6 Å². The topological polar surface area (TPSA) is 116 Å². The molecule has 1 atom stereocenters. The summed E-state index contributed by atoms with van der Waals surface area (Å²) in [4.78, 5) is 26.6. The third kappa shape index (κ3) is 6.24. The van der Waals surface area contributed by atoms with Crippen LogP contribution in [0.4, 0.5) is 11.4 Å². The van der Waals surface area contributed by atoms with Crippen molar-refractivity contribution in [2.24, 2.45) is 0 Å². The van der Waals surface area contributed by atoms with E-state index in [1.54, 1.807) is 31.2 Å². The van der Waals surface area contributed by atoms with E-state index in [0.29, 0.717) is 45.7 Å². The van der Waals surface area contributed by atoms with E-state index >= 15 is 0 Å². The summed E-state index contributed by atoms with van der Waals surface area (Å²) >= 11 is 1.19. The molecular formula is C31H32N4O4S. The van der Waals surface area contributed by atoms with E-state index in [2.05, 4.69) is 22.0 Å². The first-order valence-electron chi connectivity index (χ1n) is 13.1. The number of hydrogen-bond acceptors (Lipinski definition) is 7. The number of carbonyl (C=O) groups is 2. The minimum atomic E-state index is -0.736. The smallest absolute Gasteiger partial charge is 0.254 e. The molecule has 1 aliphatic rings. The number of carbonyl (C=O) groups excluding carboxylic acids is 2. The second-order valence-corrected chi connectivity index (χ2v) is 10.1. The molecule has 4 rings (SSSR count). The quantitative estimate of drug-likeness (QED) is 0.270. The van der Waals surface area contributed by atoms with Crippen LogP contribution in [-0.4, -0.2) is 24.2 Å². The highest BCUT2D eigenvalue weighted by atomic mass is 32.2. The van der Waals surface area contributed by atoms with E-state index in [1.165, 1.54) is 18.0 Å². The van der Waals surface area contributed by atoms with Gasteiger partial charge in [-0.25, -0.2) is 0 Å². The monoisotopic (exact) mass is 556 g/mol. The van der Waals surface area contributed by atoms with Crippen molar-refractivity contribution in [1.29, 1.82) is 5.26 Å². The van der Waals surface area contributed by atoms with Crippen LogP contribution in [0.15, 0.2) is 87.1 Å². The van der Waals surface area contributed by atoms with E-state index in [1.807, 2.05) is 51.1 Å². The number of benzene rings is 2. The molecule has 2 amide bonds. The first-order valence-corrected chi connectivity index (χ1v) is 14.1. The number of dihydropyridines is 1. The highest BCUT2D eigenvalue weighted by molar-refractivity contribution is 8.03. The number of anilines is 2. The minimum Gasteiger partial charge on any atom is -0.492 e. The number of amides is 2. The van der Waals surface area contributed by atoms with Crippen LogP contribution in [0.5, 0.6) is 5.75 Å². The number of nitrogens with zero attached hydrogens (tertiary/aromatic N) is 1. The predicted molar refractivity (Wildman–Crippen MR) is 158 cm³/mol. The van der Waals surface area contributed by atoms with Crippen LogP contribution < -0.4 is 20.7 Å². The summed E-state index contributed by atoms with van der Waals surface area (Å²) in [5, 5.41) is 19.9. The van der Waals surface area contributed by atoms with Gasteiger partial charge in [-0.05, 0) is 62.6 Å². The molecule has 40 heavy (non-hydrogen) atoms. The van der Waals surface area contributed by atoms with Crippen molar-refractivity contribution >= 4 is 35.0 Å². The van der Waals surface area contributed by atoms with Crippen molar-refractivity contribution in [3.63, 3.8) is 0 Å². The number of para-hydroxylation sites is 3. The highest BCUT2D eigenvalue weighted by Crippen LogP contribution is 2.41. The lowest BCUT2D eigenvalue weighted by molar-refractivity contribution is -0.114. The summed E-state index contributed by atoms with van der Waals surface area (Å²) < 4.78 is 11.3.